The van der Waals surface area contributed by atoms with Gasteiger partial charge in [0.15, 0.2) is 0 Å². The van der Waals surface area contributed by atoms with Gasteiger partial charge in [0, 0.05) is 29.3 Å². The van der Waals surface area contributed by atoms with Gasteiger partial charge in [-0.2, -0.15) is 5.26 Å². The second kappa shape index (κ2) is 10.6. The number of fused-ring (bicyclic) bond motifs is 1. The second-order valence-electron chi connectivity index (χ2n) is 7.43. The smallest absolute Gasteiger partial charge is 0.410 e. The third-order valence-corrected chi connectivity index (χ3v) is 6.42. The molecule has 34 heavy (non-hydrogen) atoms. The van der Waals surface area contributed by atoms with E-state index in [4.69, 9.17) is 9.47 Å². The number of thiophene rings is 1. The summed E-state index contributed by atoms with van der Waals surface area (Å²) in [5.74, 6) is 0.304. The molecule has 1 N–H and O–H groups in total. The summed E-state index contributed by atoms with van der Waals surface area (Å²) < 4.78 is 10.7. The zero-order chi connectivity index (χ0) is 23.9. The van der Waals surface area contributed by atoms with Crippen LogP contribution in [0.15, 0.2) is 54.7 Å². The molecule has 0 radical (unpaired) electrons. The highest BCUT2D eigenvalue weighted by Crippen LogP contribution is 2.37. The van der Waals surface area contributed by atoms with Gasteiger partial charge >= 0.3 is 6.09 Å². The van der Waals surface area contributed by atoms with Crippen molar-refractivity contribution in [3.05, 3.63) is 82.0 Å². The van der Waals surface area contributed by atoms with Gasteiger partial charge in [-0.1, -0.05) is 24.3 Å². The number of aromatic nitrogens is 1. The molecule has 4 rings (SSSR count). The second-order valence-corrected chi connectivity index (χ2v) is 8.54. The lowest BCUT2D eigenvalue weighted by Crippen LogP contribution is -2.35. The van der Waals surface area contributed by atoms with Crippen LogP contribution in [0.1, 0.15) is 27.3 Å². The maximum atomic E-state index is 12.5. The summed E-state index contributed by atoms with van der Waals surface area (Å²) in [6.07, 6.45) is 4.78. The van der Waals surface area contributed by atoms with Crippen LogP contribution in [0.3, 0.4) is 0 Å². The van der Waals surface area contributed by atoms with E-state index in [0.717, 1.165) is 16.0 Å². The van der Waals surface area contributed by atoms with Crippen LogP contribution in [0.4, 0.5) is 9.80 Å². The first-order chi connectivity index (χ1) is 16.6. The fourth-order valence-electron chi connectivity index (χ4n) is 3.60. The van der Waals surface area contributed by atoms with Crippen molar-refractivity contribution in [3.8, 4) is 11.8 Å². The molecule has 2 aromatic heterocycles. The summed E-state index contributed by atoms with van der Waals surface area (Å²) in [5.41, 5.74) is 2.75. The van der Waals surface area contributed by atoms with Crippen LogP contribution in [0.25, 0.3) is 6.08 Å². The summed E-state index contributed by atoms with van der Waals surface area (Å²) >= 11 is 1.31. The molecule has 0 spiro atoms. The maximum absolute atomic E-state index is 12.5. The van der Waals surface area contributed by atoms with Crippen LogP contribution in [-0.4, -0.2) is 35.5 Å². The number of nitrogens with zero attached hydrogens (tertiary/aromatic N) is 3. The summed E-state index contributed by atoms with van der Waals surface area (Å²) in [4.78, 5) is 31.6. The fraction of sp³-hybridized carbons (Fsp3) is 0.200. The van der Waals surface area contributed by atoms with E-state index in [1.807, 2.05) is 30.3 Å². The molecule has 172 valence electrons. The van der Waals surface area contributed by atoms with Crippen LogP contribution in [0.5, 0.6) is 5.75 Å². The molecule has 9 heteroatoms. The minimum Gasteiger partial charge on any atom is -0.496 e. The Morgan fingerprint density at radius 1 is 1.26 bits per heavy atom. The number of nitrogens with one attached hydrogen (secondary N) is 1. The average molecular weight is 475 g/mol. The van der Waals surface area contributed by atoms with Crippen LogP contribution in [0, 0.1) is 11.3 Å². The van der Waals surface area contributed by atoms with Crippen LogP contribution < -0.4 is 10.1 Å². The van der Waals surface area contributed by atoms with Crippen molar-refractivity contribution in [2.75, 3.05) is 19.0 Å². The number of para-hydroxylation sites is 1. The Morgan fingerprint density at radius 2 is 2.09 bits per heavy atom. The Bertz CT molecular complexity index is 1260. The third-order valence-electron chi connectivity index (χ3n) is 5.29. The van der Waals surface area contributed by atoms with Crippen molar-refractivity contribution < 1.29 is 19.1 Å². The number of hydrogen-bond donors (Lipinski definition) is 1. The number of hydrogen-bond acceptors (Lipinski definition) is 7. The van der Waals surface area contributed by atoms with Gasteiger partial charge in [-0.3, -0.25) is 9.78 Å². The lowest BCUT2D eigenvalue weighted by atomic mass is 10.0. The monoisotopic (exact) mass is 474 g/mol. The van der Waals surface area contributed by atoms with Crippen molar-refractivity contribution in [1.82, 2.24) is 9.88 Å². The van der Waals surface area contributed by atoms with E-state index in [2.05, 4.69) is 16.4 Å². The molecule has 1 aliphatic rings. The number of anilines is 1. The molecule has 2 amide bonds. The van der Waals surface area contributed by atoms with Gasteiger partial charge in [0.2, 0.25) is 5.91 Å². The quantitative estimate of drug-likeness (QED) is 0.532. The SMILES string of the molecule is COc1ccccc1/C=C/C(=O)Nc1sc2c(c1C#N)CCN(C(=O)OCc1ccccn1)C2. The molecule has 8 nitrogen and oxygen atoms in total. The molecular formula is C25H22N4O4S. The zero-order valence-electron chi connectivity index (χ0n) is 18.5. The number of carbonyl (C=O) groups excluding carboxylic acids is 2. The molecule has 0 unspecified atom stereocenters. The van der Waals surface area contributed by atoms with Crippen LogP contribution in [-0.2, 0) is 29.1 Å². The number of rotatable bonds is 6. The molecule has 3 heterocycles. The predicted octanol–water partition coefficient (Wildman–Crippen LogP) is 4.37. The summed E-state index contributed by atoms with van der Waals surface area (Å²) in [7, 11) is 1.57. The van der Waals surface area contributed by atoms with Crippen molar-refractivity contribution in [2.45, 2.75) is 19.6 Å². The van der Waals surface area contributed by atoms with Gasteiger partial charge in [0.1, 0.15) is 23.4 Å². The van der Waals surface area contributed by atoms with E-state index in [9.17, 15) is 14.9 Å². The van der Waals surface area contributed by atoms with E-state index < -0.39 is 6.09 Å². The molecule has 0 saturated carbocycles. The molecule has 1 aromatic carbocycles. The minimum atomic E-state index is -0.437. The number of benzene rings is 1. The van der Waals surface area contributed by atoms with E-state index >= 15 is 0 Å². The Hall–Kier alpha value is -4.16. The molecule has 3 aromatic rings. The summed E-state index contributed by atoms with van der Waals surface area (Å²) in [6, 6.07) is 15.0. The van der Waals surface area contributed by atoms with Crippen LogP contribution >= 0.6 is 11.3 Å². The molecular weight excluding hydrogens is 452 g/mol. The molecule has 0 bridgehead atoms. The fourth-order valence-corrected chi connectivity index (χ4v) is 4.82. The van der Waals surface area contributed by atoms with Gasteiger partial charge in [-0.05, 0) is 36.3 Å². The molecule has 0 saturated heterocycles. The first-order valence-electron chi connectivity index (χ1n) is 10.6. The lowest BCUT2D eigenvalue weighted by Gasteiger charge is -2.26. The molecule has 0 atom stereocenters. The number of carbonyl (C=O) groups is 2. The van der Waals surface area contributed by atoms with E-state index in [1.165, 1.54) is 17.4 Å². The van der Waals surface area contributed by atoms with Crippen molar-refractivity contribution in [1.29, 1.82) is 5.26 Å². The van der Waals surface area contributed by atoms with Gasteiger partial charge in [-0.15, -0.1) is 11.3 Å². The molecule has 0 aliphatic carbocycles. The first-order valence-corrected chi connectivity index (χ1v) is 11.4. The minimum absolute atomic E-state index is 0.0940. The highest BCUT2D eigenvalue weighted by atomic mass is 32.1. The Balaban J connectivity index is 1.42. The lowest BCUT2D eigenvalue weighted by molar-refractivity contribution is -0.111. The largest absolute Gasteiger partial charge is 0.496 e. The van der Waals surface area contributed by atoms with Gasteiger partial charge in [0.25, 0.3) is 0 Å². The number of amides is 2. The third kappa shape index (κ3) is 5.24. The van der Waals surface area contributed by atoms with E-state index in [0.29, 0.717) is 41.5 Å². The highest BCUT2D eigenvalue weighted by Gasteiger charge is 2.28. The highest BCUT2D eigenvalue weighted by molar-refractivity contribution is 7.16. The number of ether oxygens (including phenoxy) is 2. The van der Waals surface area contributed by atoms with Crippen LogP contribution in [0.2, 0.25) is 0 Å². The van der Waals surface area contributed by atoms with Crippen molar-refractivity contribution in [3.63, 3.8) is 0 Å². The number of pyridine rings is 1. The first kappa shape index (κ1) is 23.0. The number of nitriles is 1. The zero-order valence-corrected chi connectivity index (χ0v) is 19.3. The van der Waals surface area contributed by atoms with Gasteiger partial charge in [0.05, 0.1) is 24.9 Å². The Kier molecular flexibility index (Phi) is 7.20. The topological polar surface area (TPSA) is 105 Å². The van der Waals surface area contributed by atoms with Gasteiger partial charge in [-0.25, -0.2) is 4.79 Å². The summed E-state index contributed by atoms with van der Waals surface area (Å²) in [6.45, 7) is 0.847. The molecule has 0 fully saturated rings. The van der Waals surface area contributed by atoms with E-state index in [1.54, 1.807) is 36.4 Å². The van der Waals surface area contributed by atoms with E-state index in [-0.39, 0.29) is 12.5 Å². The van der Waals surface area contributed by atoms with Crippen molar-refractivity contribution in [2.24, 2.45) is 0 Å². The summed E-state index contributed by atoms with van der Waals surface area (Å²) in [5, 5.41) is 13.0. The average Bonchev–Trinajstić information content (AvgIpc) is 3.22. The Morgan fingerprint density at radius 3 is 2.85 bits per heavy atom. The normalized spacial score (nSPS) is 12.6. The molecule has 1 aliphatic heterocycles. The van der Waals surface area contributed by atoms with Crippen molar-refractivity contribution >= 4 is 34.4 Å². The number of methoxy groups -OCH3 is 1. The standard InChI is InChI=1S/C25H22N4O4S/c1-32-21-8-3-2-6-17(21)9-10-23(30)28-24-20(14-26)19-11-13-29(15-22(19)34-24)25(31)33-16-18-7-4-5-12-27-18/h2-10,12H,11,13,15-16H2,1H3,(H,28,30)/b10-9+. The maximum Gasteiger partial charge on any atom is 0.410 e. The Labute approximate surface area is 201 Å². The van der Waals surface area contributed by atoms with Gasteiger partial charge < -0.3 is 19.7 Å². The predicted molar refractivity (Wildman–Crippen MR) is 128 cm³/mol.